The van der Waals surface area contributed by atoms with Gasteiger partial charge in [-0.15, -0.1) is 0 Å². The molecule has 0 amide bonds. The molecule has 0 spiro atoms. The highest BCUT2D eigenvalue weighted by Crippen LogP contribution is 2.11. The molecule has 4 aromatic rings. The molecule has 0 aliphatic heterocycles. The van der Waals surface area contributed by atoms with E-state index in [9.17, 15) is 25.9 Å². The molecule has 0 atom stereocenters. The average molecular weight is 801 g/mol. The summed E-state index contributed by atoms with van der Waals surface area (Å²) in [4.78, 5) is -0.355. The van der Waals surface area contributed by atoms with Crippen LogP contribution in [0.25, 0.3) is 0 Å². The molecule has 0 aliphatic carbocycles. The van der Waals surface area contributed by atoms with E-state index >= 15 is 0 Å². The van der Waals surface area contributed by atoms with E-state index in [0.717, 1.165) is 37.1 Å². The zero-order valence-electron chi connectivity index (χ0n) is 33.3. The van der Waals surface area contributed by atoms with Crippen LogP contribution in [-0.2, 0) is 33.3 Å². The third kappa shape index (κ3) is 25.0. The molecule has 0 N–H and O–H groups in total. The van der Waals surface area contributed by atoms with Crippen molar-refractivity contribution in [2.24, 2.45) is 0 Å². The summed E-state index contributed by atoms with van der Waals surface area (Å²) in [6.45, 7) is 5.93. The zero-order chi connectivity index (χ0) is 40.7. The first kappa shape index (κ1) is 47.8. The molecule has 2 aromatic heterocycles. The van der Waals surface area contributed by atoms with Crippen LogP contribution >= 0.6 is 0 Å². The van der Waals surface area contributed by atoms with Gasteiger partial charge in [-0.3, -0.25) is 0 Å². The summed E-state index contributed by atoms with van der Waals surface area (Å²) in [6, 6.07) is 24.1. The van der Waals surface area contributed by atoms with Gasteiger partial charge in [0.2, 0.25) is 0 Å². The molecular formula is C46H60N2O6S2. The maximum atomic E-state index is 10.4. The van der Waals surface area contributed by atoms with Crippen LogP contribution in [0.2, 0.25) is 0 Å². The van der Waals surface area contributed by atoms with Gasteiger partial charge in [-0.1, -0.05) is 111 Å². The Bertz CT molecular complexity index is 1820. The second-order valence-electron chi connectivity index (χ2n) is 13.8. The second-order valence-corrected chi connectivity index (χ2v) is 16.6. The van der Waals surface area contributed by atoms with E-state index in [0.29, 0.717) is 0 Å². The summed E-state index contributed by atoms with van der Waals surface area (Å²) in [6.07, 6.45) is 29.1. The lowest BCUT2D eigenvalue weighted by Crippen LogP contribution is -2.32. The Morgan fingerprint density at radius 3 is 1.02 bits per heavy atom. The molecule has 0 aliphatic rings. The summed E-state index contributed by atoms with van der Waals surface area (Å²) in [5.74, 6) is 12.5. The fourth-order valence-electron chi connectivity index (χ4n) is 5.57. The van der Waals surface area contributed by atoms with Gasteiger partial charge >= 0.3 is 0 Å². The molecule has 2 heterocycles. The van der Waals surface area contributed by atoms with E-state index in [1.165, 1.54) is 114 Å². The number of aromatic nitrogens is 2. The van der Waals surface area contributed by atoms with Crippen molar-refractivity contribution in [1.82, 2.24) is 0 Å². The monoisotopic (exact) mass is 800 g/mol. The van der Waals surface area contributed by atoms with Crippen molar-refractivity contribution in [3.05, 3.63) is 121 Å². The quantitative estimate of drug-likeness (QED) is 0.0381. The number of pyridine rings is 2. The van der Waals surface area contributed by atoms with Gasteiger partial charge in [-0.05, 0) is 75.6 Å². The second kappa shape index (κ2) is 29.0. The number of hydrogen-bond acceptors (Lipinski definition) is 6. The molecule has 0 bridgehead atoms. The summed E-state index contributed by atoms with van der Waals surface area (Å²) >= 11 is 0. The molecule has 2 aromatic carbocycles. The fourth-order valence-corrected chi connectivity index (χ4v) is 6.51. The molecule has 0 saturated heterocycles. The Morgan fingerprint density at radius 2 is 0.714 bits per heavy atom. The Morgan fingerprint density at radius 1 is 0.429 bits per heavy atom. The number of hydrogen-bond donors (Lipinski definition) is 0. The highest BCUT2D eigenvalue weighted by atomic mass is 32.2. The predicted molar refractivity (Wildman–Crippen MR) is 221 cm³/mol. The fraction of sp³-hybridized carbons (Fsp3) is 0.435. The minimum atomic E-state index is -4.27. The molecule has 302 valence electrons. The van der Waals surface area contributed by atoms with Crippen molar-refractivity contribution in [3.63, 3.8) is 0 Å². The predicted octanol–water partition coefficient (Wildman–Crippen LogP) is 9.01. The van der Waals surface area contributed by atoms with Gasteiger partial charge < -0.3 is 9.11 Å². The van der Waals surface area contributed by atoms with Crippen LogP contribution in [0, 0.1) is 37.5 Å². The smallest absolute Gasteiger partial charge is 0.168 e. The molecule has 0 fully saturated rings. The summed E-state index contributed by atoms with van der Waals surface area (Å²) < 4.78 is 66.9. The third-order valence-electron chi connectivity index (χ3n) is 8.85. The van der Waals surface area contributed by atoms with Crippen molar-refractivity contribution >= 4 is 20.2 Å². The van der Waals surface area contributed by atoms with Crippen LogP contribution in [0.4, 0.5) is 0 Å². The van der Waals surface area contributed by atoms with Crippen LogP contribution in [0.5, 0.6) is 0 Å². The first-order valence-electron chi connectivity index (χ1n) is 19.8. The first-order valence-corrected chi connectivity index (χ1v) is 22.7. The van der Waals surface area contributed by atoms with Gasteiger partial charge in [0.05, 0.1) is 9.79 Å². The van der Waals surface area contributed by atoms with E-state index in [1.807, 2.05) is 13.8 Å². The van der Waals surface area contributed by atoms with E-state index in [-0.39, 0.29) is 9.79 Å². The molecular weight excluding hydrogens is 741 g/mol. The van der Waals surface area contributed by atoms with Gasteiger partial charge in [-0.2, -0.15) is 0 Å². The van der Waals surface area contributed by atoms with Crippen LogP contribution in [0.1, 0.15) is 114 Å². The zero-order valence-corrected chi connectivity index (χ0v) is 34.9. The molecule has 10 heteroatoms. The van der Waals surface area contributed by atoms with Crippen LogP contribution in [0.3, 0.4) is 0 Å². The lowest BCUT2D eigenvalue weighted by Gasteiger charge is -2.05. The lowest BCUT2D eigenvalue weighted by molar-refractivity contribution is -0.697. The minimum absolute atomic E-state index is 0.178. The highest BCUT2D eigenvalue weighted by molar-refractivity contribution is 7.86. The van der Waals surface area contributed by atoms with Gasteiger partial charge in [-0.25, -0.2) is 26.0 Å². The summed E-state index contributed by atoms with van der Waals surface area (Å²) in [5, 5.41) is 0. The van der Waals surface area contributed by atoms with Gasteiger partial charge in [0.1, 0.15) is 33.3 Å². The number of rotatable bonds is 20. The van der Waals surface area contributed by atoms with Crippen molar-refractivity contribution in [3.8, 4) is 23.7 Å². The number of benzene rings is 2. The van der Waals surface area contributed by atoms with Crippen LogP contribution in [-0.4, -0.2) is 25.9 Å². The first-order chi connectivity index (χ1) is 26.9. The summed E-state index contributed by atoms with van der Waals surface area (Å²) in [5.41, 5.74) is 1.86. The molecule has 4 rings (SSSR count). The number of aryl methyl sites for hydroxylation is 4. The molecule has 0 radical (unpaired) electrons. The largest absolute Gasteiger partial charge is 0.744 e. The Balaban J connectivity index is 0.000000395. The van der Waals surface area contributed by atoms with Gasteiger partial charge in [0.15, 0.2) is 24.8 Å². The van der Waals surface area contributed by atoms with Crippen LogP contribution < -0.4 is 9.13 Å². The molecule has 56 heavy (non-hydrogen) atoms. The molecule has 0 unspecified atom stereocenters. The number of nitrogens with zero attached hydrogens (tertiary/aromatic N) is 2. The van der Waals surface area contributed by atoms with Crippen LogP contribution in [0.15, 0.2) is 120 Å². The van der Waals surface area contributed by atoms with Crippen molar-refractivity contribution in [1.29, 1.82) is 0 Å². The van der Waals surface area contributed by atoms with E-state index in [4.69, 9.17) is 0 Å². The average Bonchev–Trinajstić information content (AvgIpc) is 3.18. The SMILES string of the molecule is C(C#CCCCCCCCCC[n+]1ccccc1)#CCCCCCCCCC[n+]1ccccc1.Cc1ccc(S(=O)(=O)[O-])cc1.Cc1ccc(S(=O)(=O)[O-])cc1. The Labute approximate surface area is 337 Å². The Hall–Kier alpha value is -4.32. The molecule has 0 saturated carbocycles. The highest BCUT2D eigenvalue weighted by Gasteiger charge is 2.01. The van der Waals surface area contributed by atoms with Crippen molar-refractivity contribution in [2.75, 3.05) is 0 Å². The van der Waals surface area contributed by atoms with Gasteiger partial charge in [0.25, 0.3) is 0 Å². The van der Waals surface area contributed by atoms with E-state index in [1.54, 1.807) is 24.3 Å². The van der Waals surface area contributed by atoms with Crippen molar-refractivity contribution < 1.29 is 35.1 Å². The lowest BCUT2D eigenvalue weighted by atomic mass is 10.1. The Kier molecular flexibility index (Phi) is 24.8. The third-order valence-corrected chi connectivity index (χ3v) is 10.5. The standard InChI is InChI=1S/C32H46N2.2C7H8O3S/c1(3-5-7-9-11-13-15-17-21-27-33-29-23-19-24-30-33)2-4-6-8-10-12-14-16-18-22-28-34-31-25-20-26-32-34;2*1-6-2-4-7(5-3-6)11(8,9)10/h19-20,23-26,29-32H,5-18,21-22,27-28H2;2*2-5H,1H3,(H,8,9,10)/q+2;;/p-2. The topological polar surface area (TPSA) is 122 Å². The van der Waals surface area contributed by atoms with E-state index in [2.05, 4.69) is 94.0 Å². The summed E-state index contributed by atoms with van der Waals surface area (Å²) in [7, 11) is -8.54. The maximum Gasteiger partial charge on any atom is 0.168 e. The normalized spacial score (nSPS) is 10.7. The maximum absolute atomic E-state index is 10.4. The van der Waals surface area contributed by atoms with Gasteiger partial charge in [0, 0.05) is 49.9 Å². The number of unbranched alkanes of at least 4 members (excludes halogenated alkanes) is 14. The minimum Gasteiger partial charge on any atom is -0.744 e. The van der Waals surface area contributed by atoms with Crippen molar-refractivity contribution in [2.45, 2.75) is 139 Å². The molecule has 8 nitrogen and oxygen atoms in total. The van der Waals surface area contributed by atoms with E-state index < -0.39 is 20.2 Å².